The van der Waals surface area contributed by atoms with Crippen LogP contribution in [0, 0.1) is 0 Å². The minimum absolute atomic E-state index is 0.0938. The normalized spacial score (nSPS) is 15.8. The van der Waals surface area contributed by atoms with Crippen LogP contribution in [0.3, 0.4) is 0 Å². The Kier molecular flexibility index (Phi) is 8.49. The molecule has 1 N–H and O–H groups in total. The zero-order valence-corrected chi connectivity index (χ0v) is 17.4. The zero-order chi connectivity index (χ0) is 21.3. The number of carbonyl (C=O) groups excluding carboxylic acids is 3. The van der Waals surface area contributed by atoms with Crippen LogP contribution in [0.4, 0.5) is 4.79 Å². The summed E-state index contributed by atoms with van der Waals surface area (Å²) < 4.78 is 16.0. The molecule has 1 fully saturated rings. The summed E-state index contributed by atoms with van der Waals surface area (Å²) in [6, 6.07) is 8.07. The van der Waals surface area contributed by atoms with Gasteiger partial charge in [-0.1, -0.05) is 36.8 Å². The average molecular weight is 405 g/mol. The van der Waals surface area contributed by atoms with Gasteiger partial charge in [-0.05, 0) is 52.0 Å². The fraction of sp³-hybridized carbons (Fsp3) is 0.591. The summed E-state index contributed by atoms with van der Waals surface area (Å²) in [6.07, 6.45) is 3.44. The van der Waals surface area contributed by atoms with Gasteiger partial charge in [0.2, 0.25) is 0 Å². The number of amides is 1. The molecule has 29 heavy (non-hydrogen) atoms. The quantitative estimate of drug-likeness (QED) is 0.547. The van der Waals surface area contributed by atoms with Crippen molar-refractivity contribution in [3.63, 3.8) is 0 Å². The Morgan fingerprint density at radius 2 is 1.72 bits per heavy atom. The second-order valence-corrected chi connectivity index (χ2v) is 8.25. The summed E-state index contributed by atoms with van der Waals surface area (Å²) in [6.45, 7) is 5.25. The van der Waals surface area contributed by atoms with Gasteiger partial charge >= 0.3 is 18.0 Å². The van der Waals surface area contributed by atoms with E-state index >= 15 is 0 Å². The Labute approximate surface area is 172 Å². The third-order valence-corrected chi connectivity index (χ3v) is 4.42. The van der Waals surface area contributed by atoms with E-state index in [-0.39, 0.29) is 19.1 Å². The molecule has 1 aliphatic rings. The van der Waals surface area contributed by atoms with Crippen LogP contribution in [-0.2, 0) is 30.4 Å². The predicted molar refractivity (Wildman–Crippen MR) is 107 cm³/mol. The molecule has 0 radical (unpaired) electrons. The third kappa shape index (κ3) is 8.98. The van der Waals surface area contributed by atoms with Gasteiger partial charge in [0.25, 0.3) is 0 Å². The number of alkyl carbamates (subject to hydrolysis) is 1. The van der Waals surface area contributed by atoms with Gasteiger partial charge in [-0.15, -0.1) is 0 Å². The summed E-state index contributed by atoms with van der Waals surface area (Å²) in [5, 5.41) is 2.46. The Morgan fingerprint density at radius 3 is 2.34 bits per heavy atom. The summed E-state index contributed by atoms with van der Waals surface area (Å²) in [5.41, 5.74) is 0.109. The smallest absolute Gasteiger partial charge is 0.408 e. The number of hydrogen-bond acceptors (Lipinski definition) is 6. The summed E-state index contributed by atoms with van der Waals surface area (Å²) >= 11 is 0. The SMILES string of the molecule is CC(C)(C)OC(=O)N[C@H](CC(=O)OCc1ccccc1)C(=O)OC1CCCCC1. The van der Waals surface area contributed by atoms with Crippen LogP contribution in [0.1, 0.15) is 64.9 Å². The van der Waals surface area contributed by atoms with Crippen molar-refractivity contribution >= 4 is 18.0 Å². The van der Waals surface area contributed by atoms with Gasteiger partial charge < -0.3 is 19.5 Å². The minimum atomic E-state index is -1.16. The minimum Gasteiger partial charge on any atom is -0.461 e. The number of hydrogen-bond donors (Lipinski definition) is 1. The lowest BCUT2D eigenvalue weighted by Crippen LogP contribution is -2.46. The summed E-state index contributed by atoms with van der Waals surface area (Å²) in [4.78, 5) is 37.0. The van der Waals surface area contributed by atoms with Crippen LogP contribution in [-0.4, -0.2) is 35.8 Å². The van der Waals surface area contributed by atoms with E-state index in [4.69, 9.17) is 14.2 Å². The van der Waals surface area contributed by atoms with Gasteiger partial charge in [0.1, 0.15) is 24.4 Å². The topological polar surface area (TPSA) is 90.9 Å². The van der Waals surface area contributed by atoms with Gasteiger partial charge in [-0.25, -0.2) is 9.59 Å². The molecule has 0 saturated heterocycles. The average Bonchev–Trinajstić information content (AvgIpc) is 2.66. The Morgan fingerprint density at radius 1 is 1.07 bits per heavy atom. The molecule has 1 aromatic carbocycles. The van der Waals surface area contributed by atoms with Crippen molar-refractivity contribution in [1.82, 2.24) is 5.32 Å². The Hall–Kier alpha value is -2.57. The molecule has 0 unspecified atom stereocenters. The van der Waals surface area contributed by atoms with Crippen LogP contribution in [0.25, 0.3) is 0 Å². The van der Waals surface area contributed by atoms with Crippen LogP contribution in [0.15, 0.2) is 30.3 Å². The van der Waals surface area contributed by atoms with Crippen molar-refractivity contribution in [2.24, 2.45) is 0 Å². The molecule has 0 aliphatic heterocycles. The van der Waals surface area contributed by atoms with E-state index < -0.39 is 29.7 Å². The third-order valence-electron chi connectivity index (χ3n) is 4.42. The Balaban J connectivity index is 1.95. The monoisotopic (exact) mass is 405 g/mol. The van der Waals surface area contributed by atoms with Crippen molar-refractivity contribution in [1.29, 1.82) is 0 Å². The molecule has 2 rings (SSSR count). The highest BCUT2D eigenvalue weighted by Gasteiger charge is 2.30. The number of ether oxygens (including phenoxy) is 3. The van der Waals surface area contributed by atoms with Crippen molar-refractivity contribution in [3.05, 3.63) is 35.9 Å². The van der Waals surface area contributed by atoms with Gasteiger partial charge in [0.15, 0.2) is 0 Å². The zero-order valence-electron chi connectivity index (χ0n) is 17.4. The molecule has 160 valence electrons. The molecular formula is C22H31NO6. The molecule has 1 aromatic rings. The lowest BCUT2D eigenvalue weighted by molar-refractivity contribution is -0.157. The van der Waals surface area contributed by atoms with E-state index in [0.29, 0.717) is 0 Å². The number of benzene rings is 1. The largest absolute Gasteiger partial charge is 0.461 e. The first-order valence-electron chi connectivity index (χ1n) is 10.1. The molecular weight excluding hydrogens is 374 g/mol. The molecule has 0 spiro atoms. The van der Waals surface area contributed by atoms with Crippen LogP contribution in [0.5, 0.6) is 0 Å². The predicted octanol–water partition coefficient (Wildman–Crippen LogP) is 3.89. The molecule has 0 heterocycles. The lowest BCUT2D eigenvalue weighted by Gasteiger charge is -2.26. The maximum absolute atomic E-state index is 12.6. The molecule has 1 aliphatic carbocycles. The molecule has 7 nitrogen and oxygen atoms in total. The molecule has 7 heteroatoms. The fourth-order valence-corrected chi connectivity index (χ4v) is 3.04. The first-order valence-corrected chi connectivity index (χ1v) is 10.1. The number of esters is 2. The standard InChI is InChI=1S/C22H31NO6/c1-22(2,3)29-21(26)23-18(20(25)28-17-12-8-5-9-13-17)14-19(24)27-15-16-10-6-4-7-11-16/h4,6-7,10-11,17-18H,5,8-9,12-15H2,1-3H3,(H,23,26)/t18-/m1/s1. The van der Waals surface area contributed by atoms with E-state index in [0.717, 1.165) is 37.7 Å². The van der Waals surface area contributed by atoms with E-state index in [1.807, 2.05) is 30.3 Å². The van der Waals surface area contributed by atoms with E-state index in [2.05, 4.69) is 5.32 Å². The molecule has 1 amide bonds. The Bertz CT molecular complexity index is 676. The van der Waals surface area contributed by atoms with Gasteiger partial charge in [-0.3, -0.25) is 4.79 Å². The first-order chi connectivity index (χ1) is 13.7. The van der Waals surface area contributed by atoms with Crippen molar-refractivity contribution < 1.29 is 28.6 Å². The lowest BCUT2D eigenvalue weighted by atomic mass is 9.98. The van der Waals surface area contributed by atoms with Gasteiger partial charge in [0.05, 0.1) is 6.42 Å². The molecule has 1 saturated carbocycles. The molecule has 1 atom stereocenters. The van der Waals surface area contributed by atoms with E-state index in [9.17, 15) is 14.4 Å². The summed E-state index contributed by atoms with van der Waals surface area (Å²) in [5.74, 6) is -1.24. The van der Waals surface area contributed by atoms with Crippen LogP contribution in [0.2, 0.25) is 0 Å². The van der Waals surface area contributed by atoms with Crippen LogP contribution >= 0.6 is 0 Å². The van der Waals surface area contributed by atoms with Gasteiger partial charge in [-0.2, -0.15) is 0 Å². The maximum atomic E-state index is 12.6. The highest BCUT2D eigenvalue weighted by molar-refractivity contribution is 5.86. The second kappa shape index (κ2) is 10.8. The van der Waals surface area contributed by atoms with Crippen molar-refractivity contribution in [3.8, 4) is 0 Å². The molecule has 0 aromatic heterocycles. The van der Waals surface area contributed by atoms with Gasteiger partial charge in [0, 0.05) is 0 Å². The maximum Gasteiger partial charge on any atom is 0.408 e. The van der Waals surface area contributed by atoms with Crippen LogP contribution < -0.4 is 5.32 Å². The van der Waals surface area contributed by atoms with E-state index in [1.54, 1.807) is 20.8 Å². The summed E-state index contributed by atoms with van der Waals surface area (Å²) in [7, 11) is 0. The van der Waals surface area contributed by atoms with Crippen molar-refractivity contribution in [2.45, 2.75) is 83.6 Å². The highest BCUT2D eigenvalue weighted by atomic mass is 16.6. The van der Waals surface area contributed by atoms with E-state index in [1.165, 1.54) is 0 Å². The second-order valence-electron chi connectivity index (χ2n) is 8.25. The highest BCUT2D eigenvalue weighted by Crippen LogP contribution is 2.21. The number of nitrogens with one attached hydrogen (secondary N) is 1. The first kappa shape index (κ1) is 22.7. The number of rotatable bonds is 7. The molecule has 0 bridgehead atoms. The van der Waals surface area contributed by atoms with Crippen molar-refractivity contribution in [2.75, 3.05) is 0 Å². The number of carbonyl (C=O) groups is 3. The fourth-order valence-electron chi connectivity index (χ4n) is 3.04.